The number of rotatable bonds is 8. The molecule has 0 N–H and O–H groups in total. The summed E-state index contributed by atoms with van der Waals surface area (Å²) < 4.78 is 13.3. The maximum absolute atomic E-state index is 13.5. The molecule has 2 aromatic carbocycles. The highest BCUT2D eigenvalue weighted by Gasteiger charge is 2.12. The SMILES string of the molecule is COc1ccc(Cn2c(/C=C/c3ccncc3)cc(=O)n(Cc3ccc(OC)cc3)c2=O)cc1. The van der Waals surface area contributed by atoms with Crippen LogP contribution in [-0.4, -0.2) is 28.3 Å². The number of nitrogens with zero attached hydrogens (tertiary/aromatic N) is 3. The lowest BCUT2D eigenvalue weighted by atomic mass is 10.2. The van der Waals surface area contributed by atoms with E-state index < -0.39 is 0 Å². The topological polar surface area (TPSA) is 75.3 Å². The minimum Gasteiger partial charge on any atom is -0.497 e. The highest BCUT2D eigenvalue weighted by atomic mass is 16.5. The van der Waals surface area contributed by atoms with Gasteiger partial charge in [0.1, 0.15) is 11.5 Å². The number of methoxy groups -OCH3 is 2. The van der Waals surface area contributed by atoms with E-state index in [1.54, 1.807) is 37.3 Å². The summed E-state index contributed by atoms with van der Waals surface area (Å²) in [7, 11) is 3.20. The number of benzene rings is 2. The van der Waals surface area contributed by atoms with Gasteiger partial charge in [-0.25, -0.2) is 4.79 Å². The van der Waals surface area contributed by atoms with Crippen LogP contribution in [-0.2, 0) is 13.1 Å². The third-order valence-electron chi connectivity index (χ3n) is 5.46. The van der Waals surface area contributed by atoms with Gasteiger partial charge in [-0.05, 0) is 59.2 Å². The molecule has 4 rings (SSSR count). The first kappa shape index (κ1) is 22.8. The van der Waals surface area contributed by atoms with Crippen LogP contribution in [0.3, 0.4) is 0 Å². The molecule has 0 bridgehead atoms. The van der Waals surface area contributed by atoms with Gasteiger partial charge in [0.25, 0.3) is 5.56 Å². The summed E-state index contributed by atoms with van der Waals surface area (Å²) in [4.78, 5) is 30.5. The lowest BCUT2D eigenvalue weighted by Crippen LogP contribution is -2.41. The van der Waals surface area contributed by atoms with E-state index in [1.165, 1.54) is 10.6 Å². The fourth-order valence-electron chi connectivity index (χ4n) is 3.56. The van der Waals surface area contributed by atoms with Crippen LogP contribution < -0.4 is 20.7 Å². The molecule has 34 heavy (non-hydrogen) atoms. The first-order valence-electron chi connectivity index (χ1n) is 10.8. The number of hydrogen-bond acceptors (Lipinski definition) is 5. The standard InChI is InChI=1S/C27H25N3O4/c1-33-24-9-4-21(5-10-24)18-29-23(8-3-20-13-15-28-16-14-20)17-26(31)30(27(29)32)19-22-6-11-25(34-2)12-7-22/h3-17H,18-19H2,1-2H3/b8-3+. The number of ether oxygens (including phenoxy) is 2. The molecule has 0 atom stereocenters. The first-order chi connectivity index (χ1) is 16.6. The average molecular weight is 456 g/mol. The van der Waals surface area contributed by atoms with Gasteiger partial charge in [0.15, 0.2) is 0 Å². The van der Waals surface area contributed by atoms with Crippen molar-refractivity contribution in [3.8, 4) is 11.5 Å². The molecular formula is C27H25N3O4. The van der Waals surface area contributed by atoms with E-state index in [4.69, 9.17) is 9.47 Å². The van der Waals surface area contributed by atoms with Crippen molar-refractivity contribution in [3.63, 3.8) is 0 Å². The van der Waals surface area contributed by atoms with Crippen LogP contribution in [0.4, 0.5) is 0 Å². The lowest BCUT2D eigenvalue weighted by molar-refractivity contribution is 0.414. The van der Waals surface area contributed by atoms with E-state index in [0.29, 0.717) is 18.0 Å². The third-order valence-corrected chi connectivity index (χ3v) is 5.46. The molecule has 7 heteroatoms. The van der Waals surface area contributed by atoms with Gasteiger partial charge in [-0.1, -0.05) is 30.3 Å². The molecular weight excluding hydrogens is 430 g/mol. The minimum atomic E-state index is -0.381. The Hall–Kier alpha value is -4.39. The van der Waals surface area contributed by atoms with Crippen molar-refractivity contribution >= 4 is 12.2 Å². The summed E-state index contributed by atoms with van der Waals surface area (Å²) in [5, 5.41) is 0. The normalized spacial score (nSPS) is 11.0. The Labute approximate surface area is 197 Å². The van der Waals surface area contributed by atoms with Crippen LogP contribution in [0.15, 0.2) is 88.7 Å². The van der Waals surface area contributed by atoms with Crippen molar-refractivity contribution < 1.29 is 9.47 Å². The predicted octanol–water partition coefficient (Wildman–Crippen LogP) is 3.69. The molecule has 0 aliphatic rings. The zero-order valence-corrected chi connectivity index (χ0v) is 19.0. The molecule has 2 heterocycles. The molecule has 4 aromatic rings. The fourth-order valence-corrected chi connectivity index (χ4v) is 3.56. The Bertz CT molecular complexity index is 1390. The fraction of sp³-hybridized carbons (Fsp3) is 0.148. The van der Waals surface area contributed by atoms with Crippen molar-refractivity contribution in [2.45, 2.75) is 13.1 Å². The Kier molecular flexibility index (Phi) is 7.03. The van der Waals surface area contributed by atoms with Gasteiger partial charge in [-0.2, -0.15) is 0 Å². The summed E-state index contributed by atoms with van der Waals surface area (Å²) >= 11 is 0. The summed E-state index contributed by atoms with van der Waals surface area (Å²) in [6, 6.07) is 20.0. The summed E-state index contributed by atoms with van der Waals surface area (Å²) in [6.07, 6.45) is 7.02. The average Bonchev–Trinajstić information content (AvgIpc) is 2.88. The van der Waals surface area contributed by atoms with E-state index >= 15 is 0 Å². The molecule has 0 amide bonds. The highest BCUT2D eigenvalue weighted by Crippen LogP contribution is 2.14. The number of hydrogen-bond donors (Lipinski definition) is 0. The summed E-state index contributed by atoms with van der Waals surface area (Å²) in [6.45, 7) is 0.473. The second kappa shape index (κ2) is 10.5. The van der Waals surface area contributed by atoms with Crippen LogP contribution in [0.25, 0.3) is 12.2 Å². The summed E-state index contributed by atoms with van der Waals surface area (Å²) in [5.41, 5.74) is 2.44. The lowest BCUT2D eigenvalue weighted by Gasteiger charge is -2.14. The molecule has 0 fully saturated rings. The Morgan fingerprint density at radius 2 is 1.26 bits per heavy atom. The van der Waals surface area contributed by atoms with E-state index in [2.05, 4.69) is 4.98 Å². The van der Waals surface area contributed by atoms with Gasteiger partial charge >= 0.3 is 5.69 Å². The van der Waals surface area contributed by atoms with Gasteiger partial charge in [0.2, 0.25) is 0 Å². The quantitative estimate of drug-likeness (QED) is 0.405. The monoisotopic (exact) mass is 455 g/mol. The van der Waals surface area contributed by atoms with E-state index in [9.17, 15) is 9.59 Å². The molecule has 7 nitrogen and oxygen atoms in total. The van der Waals surface area contributed by atoms with E-state index in [0.717, 1.165) is 22.4 Å². The second-order valence-electron chi connectivity index (χ2n) is 7.67. The van der Waals surface area contributed by atoms with Crippen molar-refractivity contribution in [2.75, 3.05) is 14.2 Å². The maximum atomic E-state index is 13.5. The zero-order chi connectivity index (χ0) is 23.9. The molecule has 0 aliphatic carbocycles. The third kappa shape index (κ3) is 5.32. The van der Waals surface area contributed by atoms with Crippen LogP contribution in [0.1, 0.15) is 22.4 Å². The van der Waals surface area contributed by atoms with E-state index in [-0.39, 0.29) is 17.8 Å². The van der Waals surface area contributed by atoms with Gasteiger partial charge in [-0.15, -0.1) is 0 Å². The molecule has 0 spiro atoms. The van der Waals surface area contributed by atoms with Gasteiger partial charge in [0.05, 0.1) is 33.0 Å². The van der Waals surface area contributed by atoms with Crippen molar-refractivity contribution in [1.82, 2.24) is 14.1 Å². The molecule has 0 aliphatic heterocycles. The predicted molar refractivity (Wildman–Crippen MR) is 132 cm³/mol. The molecule has 0 unspecified atom stereocenters. The minimum absolute atomic E-state index is 0.165. The smallest absolute Gasteiger partial charge is 0.332 e. The van der Waals surface area contributed by atoms with Crippen LogP contribution in [0.5, 0.6) is 11.5 Å². The number of aromatic nitrogens is 3. The van der Waals surface area contributed by atoms with Crippen molar-refractivity contribution in [3.05, 3.63) is 122 Å². The molecule has 2 aromatic heterocycles. The Balaban J connectivity index is 1.75. The molecule has 0 saturated carbocycles. The zero-order valence-electron chi connectivity index (χ0n) is 19.0. The van der Waals surface area contributed by atoms with Crippen LogP contribution in [0, 0.1) is 0 Å². The van der Waals surface area contributed by atoms with Crippen LogP contribution >= 0.6 is 0 Å². The molecule has 0 saturated heterocycles. The van der Waals surface area contributed by atoms with Gasteiger partial charge in [0, 0.05) is 18.5 Å². The highest BCUT2D eigenvalue weighted by molar-refractivity contribution is 5.67. The Morgan fingerprint density at radius 1 is 0.735 bits per heavy atom. The summed E-state index contributed by atoms with van der Waals surface area (Å²) in [5.74, 6) is 1.45. The number of pyridine rings is 1. The largest absolute Gasteiger partial charge is 0.497 e. The van der Waals surface area contributed by atoms with E-state index in [1.807, 2.05) is 66.7 Å². The maximum Gasteiger partial charge on any atom is 0.332 e. The Morgan fingerprint density at radius 3 is 1.79 bits per heavy atom. The molecule has 172 valence electrons. The second-order valence-corrected chi connectivity index (χ2v) is 7.67. The van der Waals surface area contributed by atoms with Crippen LogP contribution in [0.2, 0.25) is 0 Å². The van der Waals surface area contributed by atoms with Crippen molar-refractivity contribution in [2.24, 2.45) is 0 Å². The van der Waals surface area contributed by atoms with Gasteiger partial charge in [-0.3, -0.25) is 18.9 Å². The van der Waals surface area contributed by atoms with Gasteiger partial charge < -0.3 is 9.47 Å². The first-order valence-corrected chi connectivity index (χ1v) is 10.8. The van der Waals surface area contributed by atoms with Crippen molar-refractivity contribution in [1.29, 1.82) is 0 Å². The molecule has 0 radical (unpaired) electrons.